The first-order chi connectivity index (χ1) is 8.45. The van der Waals surface area contributed by atoms with Gasteiger partial charge in [0.2, 0.25) is 0 Å². The lowest BCUT2D eigenvalue weighted by atomic mass is 9.97. The van der Waals surface area contributed by atoms with E-state index in [1.165, 1.54) is 57.2 Å². The Balaban J connectivity index is 1.66. The van der Waals surface area contributed by atoms with Crippen LogP contribution in [0.25, 0.3) is 0 Å². The predicted molar refractivity (Wildman–Crippen MR) is 70.8 cm³/mol. The molecular formula is C15H25N2+. The van der Waals surface area contributed by atoms with Crippen molar-refractivity contribution in [2.45, 2.75) is 57.4 Å². The highest BCUT2D eigenvalue weighted by Gasteiger charge is 2.13. The van der Waals surface area contributed by atoms with Gasteiger partial charge < -0.3 is 5.32 Å². The van der Waals surface area contributed by atoms with Gasteiger partial charge in [-0.05, 0) is 37.8 Å². The molecule has 1 aliphatic carbocycles. The molecule has 0 aliphatic heterocycles. The third kappa shape index (κ3) is 4.86. The van der Waals surface area contributed by atoms with Gasteiger partial charge in [-0.15, -0.1) is 0 Å². The molecule has 0 atom stereocenters. The van der Waals surface area contributed by atoms with Crippen LogP contribution in [0.1, 0.15) is 50.6 Å². The first-order valence-corrected chi connectivity index (χ1v) is 7.18. The molecule has 0 spiro atoms. The average molecular weight is 233 g/mol. The largest absolute Gasteiger partial charge is 0.344 e. The second-order valence-electron chi connectivity index (χ2n) is 5.20. The van der Waals surface area contributed by atoms with Crippen molar-refractivity contribution in [2.24, 2.45) is 0 Å². The van der Waals surface area contributed by atoms with Gasteiger partial charge in [0.15, 0.2) is 0 Å². The van der Waals surface area contributed by atoms with Crippen LogP contribution in [0.15, 0.2) is 24.4 Å². The molecular weight excluding hydrogens is 208 g/mol. The predicted octanol–water partition coefficient (Wildman–Crippen LogP) is 2.30. The Kier molecular flexibility index (Phi) is 5.50. The Bertz CT molecular complexity index is 289. The van der Waals surface area contributed by atoms with E-state index in [2.05, 4.69) is 22.4 Å². The molecule has 0 saturated heterocycles. The van der Waals surface area contributed by atoms with Crippen LogP contribution in [0, 0.1) is 0 Å². The Morgan fingerprint density at radius 2 is 1.82 bits per heavy atom. The van der Waals surface area contributed by atoms with Crippen LogP contribution in [-0.4, -0.2) is 17.6 Å². The summed E-state index contributed by atoms with van der Waals surface area (Å²) in [6.45, 7) is 1.20. The highest BCUT2D eigenvalue weighted by atomic mass is 14.9. The number of nitrogens with zero attached hydrogens (tertiary/aromatic N) is 1. The van der Waals surface area contributed by atoms with Crippen molar-refractivity contribution < 1.29 is 5.32 Å². The van der Waals surface area contributed by atoms with Gasteiger partial charge in [0.05, 0.1) is 12.6 Å². The maximum absolute atomic E-state index is 4.37. The van der Waals surface area contributed by atoms with Crippen molar-refractivity contribution in [3.8, 4) is 0 Å². The molecule has 1 aliphatic rings. The molecule has 1 heterocycles. The van der Waals surface area contributed by atoms with Gasteiger partial charge in [0, 0.05) is 18.3 Å². The Morgan fingerprint density at radius 1 is 1.06 bits per heavy atom. The number of hydrogen-bond donors (Lipinski definition) is 1. The monoisotopic (exact) mass is 233 g/mol. The second-order valence-corrected chi connectivity index (χ2v) is 5.20. The van der Waals surface area contributed by atoms with Crippen LogP contribution >= 0.6 is 0 Å². The van der Waals surface area contributed by atoms with E-state index in [1.807, 2.05) is 12.3 Å². The number of quaternary nitrogens is 1. The van der Waals surface area contributed by atoms with Gasteiger partial charge in [-0.25, -0.2) is 0 Å². The first-order valence-electron chi connectivity index (χ1n) is 7.18. The number of aromatic nitrogens is 1. The molecule has 2 heteroatoms. The summed E-state index contributed by atoms with van der Waals surface area (Å²) in [5.74, 6) is 0. The van der Waals surface area contributed by atoms with Gasteiger partial charge in [0.1, 0.15) is 0 Å². The summed E-state index contributed by atoms with van der Waals surface area (Å²) in [4.78, 5) is 4.37. The fourth-order valence-corrected chi connectivity index (χ4v) is 2.74. The van der Waals surface area contributed by atoms with Crippen molar-refractivity contribution in [1.82, 2.24) is 4.98 Å². The van der Waals surface area contributed by atoms with Crippen molar-refractivity contribution in [1.29, 1.82) is 0 Å². The number of nitrogens with two attached hydrogens (primary N) is 1. The summed E-state index contributed by atoms with van der Waals surface area (Å²) in [6.07, 6.45) is 13.1. The Hall–Kier alpha value is -0.890. The van der Waals surface area contributed by atoms with Gasteiger partial charge >= 0.3 is 0 Å². The zero-order valence-electron chi connectivity index (χ0n) is 10.8. The standard InChI is InChI=1S/C15H24N2/c1-2-4-8-14(9-5-3-1)17-13-11-15-10-6-7-12-16-15/h6-7,10,12,14,17H,1-5,8-9,11,13H2/p+1. The van der Waals surface area contributed by atoms with E-state index in [4.69, 9.17) is 0 Å². The van der Waals surface area contributed by atoms with Crippen molar-refractivity contribution in [3.05, 3.63) is 30.1 Å². The van der Waals surface area contributed by atoms with E-state index >= 15 is 0 Å². The third-order valence-electron chi connectivity index (χ3n) is 3.78. The van der Waals surface area contributed by atoms with E-state index in [9.17, 15) is 0 Å². The Morgan fingerprint density at radius 3 is 2.53 bits per heavy atom. The smallest absolute Gasteiger partial charge is 0.0859 e. The first kappa shape index (κ1) is 12.6. The Labute approximate surface area is 105 Å². The lowest BCUT2D eigenvalue weighted by molar-refractivity contribution is -0.690. The molecule has 1 aromatic heterocycles. The maximum atomic E-state index is 4.37. The molecule has 0 bridgehead atoms. The molecule has 1 aromatic rings. The van der Waals surface area contributed by atoms with Crippen LogP contribution < -0.4 is 5.32 Å². The molecule has 0 unspecified atom stereocenters. The highest BCUT2D eigenvalue weighted by molar-refractivity contribution is 5.03. The number of rotatable bonds is 4. The van der Waals surface area contributed by atoms with Crippen molar-refractivity contribution in [3.63, 3.8) is 0 Å². The molecule has 17 heavy (non-hydrogen) atoms. The van der Waals surface area contributed by atoms with Crippen LogP contribution in [0.3, 0.4) is 0 Å². The fourth-order valence-electron chi connectivity index (χ4n) is 2.74. The zero-order chi connectivity index (χ0) is 11.8. The van der Waals surface area contributed by atoms with Crippen LogP contribution in [0.2, 0.25) is 0 Å². The van der Waals surface area contributed by atoms with Gasteiger partial charge in [-0.3, -0.25) is 4.98 Å². The summed E-state index contributed by atoms with van der Waals surface area (Å²) in [5, 5.41) is 2.56. The average Bonchev–Trinajstić information content (AvgIpc) is 2.33. The summed E-state index contributed by atoms with van der Waals surface area (Å²) >= 11 is 0. The highest BCUT2D eigenvalue weighted by Crippen LogP contribution is 2.14. The van der Waals surface area contributed by atoms with Gasteiger partial charge in [-0.1, -0.05) is 25.3 Å². The third-order valence-corrected chi connectivity index (χ3v) is 3.78. The maximum Gasteiger partial charge on any atom is 0.0859 e. The molecule has 1 fully saturated rings. The molecule has 0 radical (unpaired) electrons. The van der Waals surface area contributed by atoms with Gasteiger partial charge in [-0.2, -0.15) is 0 Å². The van der Waals surface area contributed by atoms with E-state index in [0.29, 0.717) is 0 Å². The normalized spacial score (nSPS) is 18.6. The minimum absolute atomic E-state index is 0.874. The molecule has 0 amide bonds. The summed E-state index contributed by atoms with van der Waals surface area (Å²) in [5.41, 5.74) is 1.23. The quantitative estimate of drug-likeness (QED) is 0.849. The summed E-state index contributed by atoms with van der Waals surface area (Å²) in [7, 11) is 0. The lowest BCUT2D eigenvalue weighted by Crippen LogP contribution is -2.90. The zero-order valence-corrected chi connectivity index (χ0v) is 10.8. The van der Waals surface area contributed by atoms with E-state index in [0.717, 1.165) is 12.5 Å². The van der Waals surface area contributed by atoms with Crippen molar-refractivity contribution in [2.75, 3.05) is 6.54 Å². The molecule has 2 rings (SSSR count). The minimum atomic E-state index is 0.874. The van der Waals surface area contributed by atoms with Gasteiger partial charge in [0.25, 0.3) is 0 Å². The summed E-state index contributed by atoms with van der Waals surface area (Å²) < 4.78 is 0. The van der Waals surface area contributed by atoms with Crippen LogP contribution in [-0.2, 0) is 6.42 Å². The number of hydrogen-bond acceptors (Lipinski definition) is 1. The van der Waals surface area contributed by atoms with Crippen LogP contribution in [0.4, 0.5) is 0 Å². The molecule has 2 nitrogen and oxygen atoms in total. The lowest BCUT2D eigenvalue weighted by Gasteiger charge is -2.18. The van der Waals surface area contributed by atoms with E-state index < -0.39 is 0 Å². The van der Waals surface area contributed by atoms with Crippen molar-refractivity contribution >= 4 is 0 Å². The number of pyridine rings is 1. The molecule has 1 saturated carbocycles. The summed E-state index contributed by atoms with van der Waals surface area (Å²) in [6, 6.07) is 7.07. The topological polar surface area (TPSA) is 29.5 Å². The minimum Gasteiger partial charge on any atom is -0.344 e. The second kappa shape index (κ2) is 7.44. The fraction of sp³-hybridized carbons (Fsp3) is 0.667. The van der Waals surface area contributed by atoms with E-state index in [1.54, 1.807) is 0 Å². The van der Waals surface area contributed by atoms with E-state index in [-0.39, 0.29) is 0 Å². The molecule has 94 valence electrons. The van der Waals surface area contributed by atoms with Crippen LogP contribution in [0.5, 0.6) is 0 Å². The molecule has 0 aromatic carbocycles. The SMILES string of the molecule is c1ccc(CC[NH2+]C2CCCCCCC2)nc1. The molecule has 2 N–H and O–H groups in total.